The number of carbonyl (C=O) groups excluding carboxylic acids is 1. The van der Waals surface area contributed by atoms with Gasteiger partial charge in [-0.3, -0.25) is 4.79 Å². The van der Waals surface area contributed by atoms with Crippen molar-refractivity contribution in [1.29, 1.82) is 0 Å². The number of amides is 1. The number of carbonyl (C=O) groups is 1. The number of nitrogens with zero attached hydrogens (tertiary/aromatic N) is 1. The van der Waals surface area contributed by atoms with E-state index in [0.717, 1.165) is 15.3 Å². The van der Waals surface area contributed by atoms with E-state index in [1.54, 1.807) is 11.3 Å². The van der Waals surface area contributed by atoms with E-state index < -0.39 is 0 Å². The Morgan fingerprint density at radius 3 is 3.06 bits per heavy atom. The summed E-state index contributed by atoms with van der Waals surface area (Å²) in [4.78, 5) is 15.2. The number of fused-ring (bicyclic) bond motifs is 1. The predicted octanol–water partition coefficient (Wildman–Crippen LogP) is 2.28. The quantitative estimate of drug-likeness (QED) is 0.873. The zero-order chi connectivity index (χ0) is 12.4. The van der Waals surface area contributed by atoms with Crippen molar-refractivity contribution < 1.29 is 4.79 Å². The highest BCUT2D eigenvalue weighted by Crippen LogP contribution is 2.27. The van der Waals surface area contributed by atoms with E-state index in [1.165, 1.54) is 5.56 Å². The number of nitrogens with one attached hydrogen (secondary N) is 1. The van der Waals surface area contributed by atoms with Gasteiger partial charge in [-0.1, -0.05) is 17.4 Å². The number of benzene rings is 1. The summed E-state index contributed by atoms with van der Waals surface area (Å²) < 4.78 is 1.15. The van der Waals surface area contributed by atoms with E-state index >= 15 is 0 Å². The summed E-state index contributed by atoms with van der Waals surface area (Å²) in [5, 5.41) is 4.02. The monoisotopic (exact) mass is 249 g/mol. The third-order valence-corrected chi connectivity index (χ3v) is 3.37. The van der Waals surface area contributed by atoms with Crippen molar-refractivity contribution in [2.75, 3.05) is 5.32 Å². The molecule has 2 rings (SSSR count). The molecule has 0 fully saturated rings. The smallest absolute Gasteiger partial charge is 0.219 e. The van der Waals surface area contributed by atoms with Crippen molar-refractivity contribution >= 4 is 32.6 Å². The predicted molar refractivity (Wildman–Crippen MR) is 71.3 cm³/mol. The van der Waals surface area contributed by atoms with Crippen molar-refractivity contribution in [2.45, 2.75) is 26.3 Å². The first kappa shape index (κ1) is 11.9. The first-order chi connectivity index (χ1) is 8.04. The van der Waals surface area contributed by atoms with Crippen LogP contribution in [-0.2, 0) is 4.79 Å². The van der Waals surface area contributed by atoms with Gasteiger partial charge in [-0.2, -0.15) is 0 Å². The summed E-state index contributed by atoms with van der Waals surface area (Å²) in [6.07, 6.45) is 0.314. The zero-order valence-electron chi connectivity index (χ0n) is 9.86. The number of rotatable bonds is 4. The normalized spacial score (nSPS) is 12.6. The maximum atomic E-state index is 10.8. The van der Waals surface area contributed by atoms with Crippen LogP contribution in [0.15, 0.2) is 18.2 Å². The second kappa shape index (κ2) is 4.71. The number of anilines is 1. The van der Waals surface area contributed by atoms with Crippen LogP contribution in [0.2, 0.25) is 0 Å². The van der Waals surface area contributed by atoms with Gasteiger partial charge in [0.25, 0.3) is 0 Å². The summed E-state index contributed by atoms with van der Waals surface area (Å²) >= 11 is 1.59. The van der Waals surface area contributed by atoms with Crippen LogP contribution in [0.3, 0.4) is 0 Å². The molecule has 0 bridgehead atoms. The Morgan fingerprint density at radius 2 is 2.35 bits per heavy atom. The van der Waals surface area contributed by atoms with Crippen LogP contribution < -0.4 is 11.1 Å². The van der Waals surface area contributed by atoms with Gasteiger partial charge >= 0.3 is 0 Å². The van der Waals surface area contributed by atoms with Gasteiger partial charge in [0.15, 0.2) is 5.13 Å². The molecule has 0 spiro atoms. The number of primary amides is 1. The van der Waals surface area contributed by atoms with Crippen LogP contribution in [-0.4, -0.2) is 16.9 Å². The third kappa shape index (κ3) is 2.94. The van der Waals surface area contributed by atoms with Gasteiger partial charge < -0.3 is 11.1 Å². The molecule has 2 aromatic rings. The minimum absolute atomic E-state index is 0.00848. The average Bonchev–Trinajstić information content (AvgIpc) is 2.57. The summed E-state index contributed by atoms with van der Waals surface area (Å²) in [6.45, 7) is 3.98. The van der Waals surface area contributed by atoms with Crippen molar-refractivity contribution in [2.24, 2.45) is 5.73 Å². The standard InChI is InChI=1S/C12H15N3OS/c1-7-3-4-9-10(5-7)17-12(15-9)14-8(2)6-11(13)16/h3-5,8H,6H2,1-2H3,(H2,13,16)(H,14,15). The minimum atomic E-state index is -0.304. The molecule has 1 atom stereocenters. The maximum Gasteiger partial charge on any atom is 0.219 e. The highest BCUT2D eigenvalue weighted by molar-refractivity contribution is 7.22. The Balaban J connectivity index is 2.16. The number of aryl methyl sites for hydroxylation is 1. The van der Waals surface area contributed by atoms with Crippen LogP contribution in [0, 0.1) is 6.92 Å². The van der Waals surface area contributed by atoms with Gasteiger partial charge in [-0.25, -0.2) is 4.98 Å². The Kier molecular flexibility index (Phi) is 3.28. The summed E-state index contributed by atoms with van der Waals surface area (Å²) in [5.74, 6) is -0.304. The molecule has 0 saturated heterocycles. The molecule has 1 amide bonds. The summed E-state index contributed by atoms with van der Waals surface area (Å²) in [6, 6.07) is 6.16. The second-order valence-corrected chi connectivity index (χ2v) is 5.24. The molecule has 90 valence electrons. The molecule has 0 aliphatic carbocycles. The highest BCUT2D eigenvalue weighted by atomic mass is 32.1. The maximum absolute atomic E-state index is 10.8. The van der Waals surface area contributed by atoms with E-state index in [9.17, 15) is 4.79 Å². The van der Waals surface area contributed by atoms with E-state index in [1.807, 2.05) is 19.1 Å². The largest absolute Gasteiger partial charge is 0.370 e. The van der Waals surface area contributed by atoms with Gasteiger partial charge in [0.1, 0.15) is 0 Å². The van der Waals surface area contributed by atoms with Crippen LogP contribution >= 0.6 is 11.3 Å². The number of hydrogen-bond donors (Lipinski definition) is 2. The molecule has 1 heterocycles. The van der Waals surface area contributed by atoms with Gasteiger partial charge in [0.05, 0.1) is 10.2 Å². The van der Waals surface area contributed by atoms with Crippen LogP contribution in [0.25, 0.3) is 10.2 Å². The van der Waals surface area contributed by atoms with Crippen LogP contribution in [0.5, 0.6) is 0 Å². The summed E-state index contributed by atoms with van der Waals surface area (Å²) in [5.41, 5.74) is 7.35. The average molecular weight is 249 g/mol. The SMILES string of the molecule is Cc1ccc2nc(NC(C)CC(N)=O)sc2c1. The Morgan fingerprint density at radius 1 is 1.59 bits per heavy atom. The van der Waals surface area contributed by atoms with Crippen molar-refractivity contribution in [3.05, 3.63) is 23.8 Å². The number of thiazole rings is 1. The topological polar surface area (TPSA) is 68.0 Å². The fourth-order valence-electron chi connectivity index (χ4n) is 1.66. The number of hydrogen-bond acceptors (Lipinski definition) is 4. The molecule has 1 unspecified atom stereocenters. The lowest BCUT2D eigenvalue weighted by atomic mass is 10.2. The van der Waals surface area contributed by atoms with Crippen LogP contribution in [0.4, 0.5) is 5.13 Å². The number of nitrogens with two attached hydrogens (primary N) is 1. The highest BCUT2D eigenvalue weighted by Gasteiger charge is 2.09. The van der Waals surface area contributed by atoms with Gasteiger partial charge in [-0.05, 0) is 31.5 Å². The molecule has 1 aromatic carbocycles. The molecule has 0 radical (unpaired) electrons. The van der Waals surface area contributed by atoms with Crippen molar-refractivity contribution in [3.8, 4) is 0 Å². The van der Waals surface area contributed by atoms with E-state index in [4.69, 9.17) is 5.73 Å². The lowest BCUT2D eigenvalue weighted by molar-refractivity contribution is -0.118. The van der Waals surface area contributed by atoms with Gasteiger partial charge in [0.2, 0.25) is 5.91 Å². The van der Waals surface area contributed by atoms with E-state index in [2.05, 4.69) is 23.3 Å². The summed E-state index contributed by atoms with van der Waals surface area (Å²) in [7, 11) is 0. The van der Waals surface area contributed by atoms with Crippen molar-refractivity contribution in [1.82, 2.24) is 4.98 Å². The van der Waals surface area contributed by atoms with Gasteiger partial charge in [-0.15, -0.1) is 0 Å². The number of aromatic nitrogens is 1. The Bertz CT molecular complexity index is 550. The molecule has 4 nitrogen and oxygen atoms in total. The Hall–Kier alpha value is -1.62. The van der Waals surface area contributed by atoms with Crippen molar-refractivity contribution in [3.63, 3.8) is 0 Å². The molecule has 1 aromatic heterocycles. The Labute approximate surface area is 104 Å². The third-order valence-electron chi connectivity index (χ3n) is 2.42. The van der Waals surface area contributed by atoms with E-state index in [0.29, 0.717) is 6.42 Å². The molecular formula is C12H15N3OS. The van der Waals surface area contributed by atoms with Crippen LogP contribution in [0.1, 0.15) is 18.9 Å². The second-order valence-electron chi connectivity index (χ2n) is 4.21. The molecule has 3 N–H and O–H groups in total. The zero-order valence-corrected chi connectivity index (χ0v) is 10.7. The molecule has 17 heavy (non-hydrogen) atoms. The fourth-order valence-corrected chi connectivity index (χ4v) is 2.73. The van der Waals surface area contributed by atoms with E-state index in [-0.39, 0.29) is 11.9 Å². The lowest BCUT2D eigenvalue weighted by Crippen LogP contribution is -2.23. The molecule has 0 saturated carbocycles. The lowest BCUT2D eigenvalue weighted by Gasteiger charge is -2.09. The molecule has 0 aliphatic rings. The first-order valence-electron chi connectivity index (χ1n) is 5.46. The fraction of sp³-hybridized carbons (Fsp3) is 0.333. The first-order valence-corrected chi connectivity index (χ1v) is 6.28. The molecule has 5 heteroatoms. The molecule has 0 aliphatic heterocycles. The minimum Gasteiger partial charge on any atom is -0.370 e. The van der Waals surface area contributed by atoms with Gasteiger partial charge in [0, 0.05) is 12.5 Å². The molecular weight excluding hydrogens is 234 g/mol.